The SMILES string of the molecule is Cc1cc(N)nc(CCc2cccc(CCc3cc(C)cc(N)n3)n2)c1. The van der Waals surface area contributed by atoms with Crippen molar-refractivity contribution in [3.63, 3.8) is 0 Å². The van der Waals surface area contributed by atoms with Gasteiger partial charge in [-0.1, -0.05) is 6.07 Å². The molecule has 0 radical (unpaired) electrons. The first-order valence-electron chi connectivity index (χ1n) is 8.89. The molecule has 0 bridgehead atoms. The van der Waals surface area contributed by atoms with Crippen molar-refractivity contribution in [1.29, 1.82) is 0 Å². The molecule has 5 nitrogen and oxygen atoms in total. The van der Waals surface area contributed by atoms with Crippen LogP contribution >= 0.6 is 0 Å². The summed E-state index contributed by atoms with van der Waals surface area (Å²) in [6.07, 6.45) is 3.36. The number of hydrogen-bond acceptors (Lipinski definition) is 5. The molecule has 3 rings (SSSR count). The van der Waals surface area contributed by atoms with E-state index in [1.807, 2.05) is 26.0 Å². The van der Waals surface area contributed by atoms with Crippen LogP contribution < -0.4 is 11.5 Å². The maximum absolute atomic E-state index is 5.83. The number of hydrogen-bond donors (Lipinski definition) is 2. The van der Waals surface area contributed by atoms with Crippen LogP contribution in [-0.4, -0.2) is 15.0 Å². The lowest BCUT2D eigenvalue weighted by atomic mass is 10.1. The monoisotopic (exact) mass is 347 g/mol. The lowest BCUT2D eigenvalue weighted by molar-refractivity contribution is 0.833. The second-order valence-electron chi connectivity index (χ2n) is 6.74. The standard InChI is InChI=1S/C21H25N5/c1-14-10-18(25-20(22)12-14)8-6-16-4-3-5-17(24-16)7-9-19-11-15(2)13-21(23)26-19/h3-5,10-13H,6-9H2,1-2H3,(H2,22,25)(H2,23,26). The summed E-state index contributed by atoms with van der Waals surface area (Å²) < 4.78 is 0. The summed E-state index contributed by atoms with van der Waals surface area (Å²) >= 11 is 0. The number of rotatable bonds is 6. The fourth-order valence-electron chi connectivity index (χ4n) is 3.11. The Kier molecular flexibility index (Phi) is 5.46. The van der Waals surface area contributed by atoms with Gasteiger partial charge in [-0.2, -0.15) is 0 Å². The highest BCUT2D eigenvalue weighted by Crippen LogP contribution is 2.12. The van der Waals surface area contributed by atoms with Crippen molar-refractivity contribution in [3.05, 3.63) is 76.4 Å². The third kappa shape index (κ3) is 5.02. The van der Waals surface area contributed by atoms with Crippen LogP contribution in [0.5, 0.6) is 0 Å². The molecular formula is C21H25N5. The number of nitrogens with two attached hydrogens (primary N) is 2. The molecule has 0 aliphatic heterocycles. The molecule has 0 aliphatic rings. The summed E-state index contributed by atoms with van der Waals surface area (Å²) in [6.45, 7) is 4.07. The lowest BCUT2D eigenvalue weighted by Gasteiger charge is -2.07. The van der Waals surface area contributed by atoms with E-state index in [9.17, 15) is 0 Å². The van der Waals surface area contributed by atoms with E-state index < -0.39 is 0 Å². The molecule has 3 heterocycles. The molecule has 0 amide bonds. The van der Waals surface area contributed by atoms with Crippen molar-refractivity contribution in [2.45, 2.75) is 39.5 Å². The molecule has 0 aliphatic carbocycles. The van der Waals surface area contributed by atoms with E-state index in [1.165, 1.54) is 0 Å². The normalized spacial score (nSPS) is 10.8. The molecule has 0 atom stereocenters. The second kappa shape index (κ2) is 7.95. The van der Waals surface area contributed by atoms with E-state index in [0.29, 0.717) is 11.6 Å². The van der Waals surface area contributed by atoms with Gasteiger partial charge in [0.2, 0.25) is 0 Å². The molecule has 0 aromatic carbocycles. The number of pyridine rings is 3. The minimum Gasteiger partial charge on any atom is -0.384 e. The van der Waals surface area contributed by atoms with E-state index in [-0.39, 0.29) is 0 Å². The molecule has 26 heavy (non-hydrogen) atoms. The summed E-state index contributed by atoms with van der Waals surface area (Å²) in [5.41, 5.74) is 18.1. The highest BCUT2D eigenvalue weighted by atomic mass is 14.8. The Bertz CT molecular complexity index is 793. The lowest BCUT2D eigenvalue weighted by Crippen LogP contribution is -2.03. The van der Waals surface area contributed by atoms with Crippen molar-refractivity contribution in [2.75, 3.05) is 11.5 Å². The molecular weight excluding hydrogens is 322 g/mol. The van der Waals surface area contributed by atoms with E-state index in [4.69, 9.17) is 16.5 Å². The van der Waals surface area contributed by atoms with Crippen molar-refractivity contribution in [1.82, 2.24) is 15.0 Å². The molecule has 0 spiro atoms. The Labute approximate surface area is 154 Å². The highest BCUT2D eigenvalue weighted by molar-refractivity contribution is 5.35. The molecule has 3 aromatic rings. The van der Waals surface area contributed by atoms with Crippen LogP contribution in [0, 0.1) is 13.8 Å². The highest BCUT2D eigenvalue weighted by Gasteiger charge is 2.04. The van der Waals surface area contributed by atoms with Crippen LogP contribution in [0.25, 0.3) is 0 Å². The van der Waals surface area contributed by atoms with Crippen LogP contribution in [-0.2, 0) is 25.7 Å². The zero-order valence-corrected chi connectivity index (χ0v) is 15.4. The summed E-state index contributed by atoms with van der Waals surface area (Å²) in [5, 5.41) is 0. The van der Waals surface area contributed by atoms with Gasteiger partial charge in [-0.25, -0.2) is 9.97 Å². The minimum absolute atomic E-state index is 0.576. The summed E-state index contributed by atoms with van der Waals surface area (Å²) in [6, 6.07) is 14.1. The first-order chi connectivity index (χ1) is 12.5. The molecule has 4 N–H and O–H groups in total. The van der Waals surface area contributed by atoms with Crippen molar-refractivity contribution in [2.24, 2.45) is 0 Å². The summed E-state index contributed by atoms with van der Waals surface area (Å²) in [4.78, 5) is 13.6. The molecule has 0 unspecified atom stereocenters. The smallest absolute Gasteiger partial charge is 0.123 e. The molecule has 3 aromatic heterocycles. The third-order valence-corrected chi connectivity index (χ3v) is 4.22. The van der Waals surface area contributed by atoms with E-state index in [1.54, 1.807) is 0 Å². The molecule has 0 saturated carbocycles. The summed E-state index contributed by atoms with van der Waals surface area (Å²) in [7, 11) is 0. The zero-order chi connectivity index (χ0) is 18.5. The molecule has 0 fully saturated rings. The Hall–Kier alpha value is -2.95. The fraction of sp³-hybridized carbons (Fsp3) is 0.286. The van der Waals surface area contributed by atoms with Gasteiger partial charge in [0, 0.05) is 22.8 Å². The van der Waals surface area contributed by atoms with Gasteiger partial charge in [0.1, 0.15) is 11.6 Å². The first kappa shape index (κ1) is 17.9. The average Bonchev–Trinajstić information content (AvgIpc) is 2.57. The molecule has 0 saturated heterocycles. The Morgan fingerprint density at radius 1 is 0.615 bits per heavy atom. The fourth-order valence-corrected chi connectivity index (χ4v) is 3.11. The predicted molar refractivity (Wildman–Crippen MR) is 106 cm³/mol. The number of nitrogens with zero attached hydrogens (tertiary/aromatic N) is 3. The minimum atomic E-state index is 0.576. The average molecular weight is 347 g/mol. The van der Waals surface area contributed by atoms with Gasteiger partial charge in [0.25, 0.3) is 0 Å². The zero-order valence-electron chi connectivity index (χ0n) is 15.4. The first-order valence-corrected chi connectivity index (χ1v) is 8.89. The van der Waals surface area contributed by atoms with Gasteiger partial charge < -0.3 is 11.5 Å². The van der Waals surface area contributed by atoms with Gasteiger partial charge in [0.15, 0.2) is 0 Å². The largest absolute Gasteiger partial charge is 0.384 e. The summed E-state index contributed by atoms with van der Waals surface area (Å²) in [5.74, 6) is 1.15. The second-order valence-corrected chi connectivity index (χ2v) is 6.74. The van der Waals surface area contributed by atoms with Crippen molar-refractivity contribution in [3.8, 4) is 0 Å². The van der Waals surface area contributed by atoms with Crippen LogP contribution in [0.15, 0.2) is 42.5 Å². The third-order valence-electron chi connectivity index (χ3n) is 4.22. The number of aromatic nitrogens is 3. The van der Waals surface area contributed by atoms with Gasteiger partial charge in [-0.05, 0) is 87.1 Å². The topological polar surface area (TPSA) is 90.7 Å². The number of anilines is 2. The predicted octanol–water partition coefficient (Wildman–Crippen LogP) is 3.22. The van der Waals surface area contributed by atoms with Crippen molar-refractivity contribution < 1.29 is 0 Å². The maximum Gasteiger partial charge on any atom is 0.123 e. The molecule has 5 heteroatoms. The van der Waals surface area contributed by atoms with E-state index in [2.05, 4.69) is 40.3 Å². The Balaban J connectivity index is 1.62. The molecule has 134 valence electrons. The number of nitrogen functional groups attached to an aromatic ring is 2. The van der Waals surface area contributed by atoms with Crippen LogP contribution in [0.2, 0.25) is 0 Å². The maximum atomic E-state index is 5.83. The van der Waals surface area contributed by atoms with Gasteiger partial charge in [0.05, 0.1) is 0 Å². The van der Waals surface area contributed by atoms with Crippen LogP contribution in [0.3, 0.4) is 0 Å². The Morgan fingerprint density at radius 2 is 1.04 bits per heavy atom. The van der Waals surface area contributed by atoms with Crippen molar-refractivity contribution >= 4 is 11.6 Å². The van der Waals surface area contributed by atoms with E-state index >= 15 is 0 Å². The Morgan fingerprint density at radius 3 is 1.46 bits per heavy atom. The quantitative estimate of drug-likeness (QED) is 0.714. The van der Waals surface area contributed by atoms with Crippen LogP contribution in [0.4, 0.5) is 11.6 Å². The van der Waals surface area contributed by atoms with Crippen LogP contribution in [0.1, 0.15) is 33.9 Å². The van der Waals surface area contributed by atoms with Gasteiger partial charge in [-0.15, -0.1) is 0 Å². The number of aryl methyl sites for hydroxylation is 6. The van der Waals surface area contributed by atoms with Gasteiger partial charge >= 0.3 is 0 Å². The van der Waals surface area contributed by atoms with Gasteiger partial charge in [-0.3, -0.25) is 4.98 Å². The van der Waals surface area contributed by atoms with E-state index in [0.717, 1.165) is 59.6 Å².